The predicted molar refractivity (Wildman–Crippen MR) is 70.8 cm³/mol. The van der Waals surface area contributed by atoms with Crippen molar-refractivity contribution in [1.82, 2.24) is 15.1 Å². The van der Waals surface area contributed by atoms with E-state index in [2.05, 4.69) is 50.0 Å². The highest BCUT2D eigenvalue weighted by Gasteiger charge is 2.32. The van der Waals surface area contributed by atoms with Gasteiger partial charge in [-0.3, -0.25) is 4.90 Å². The molecule has 0 saturated carbocycles. The van der Waals surface area contributed by atoms with Gasteiger partial charge in [-0.25, -0.2) is 0 Å². The molecule has 1 aliphatic rings. The summed E-state index contributed by atoms with van der Waals surface area (Å²) in [4.78, 5) is 4.99. The van der Waals surface area contributed by atoms with E-state index in [1.165, 1.54) is 19.5 Å². The van der Waals surface area contributed by atoms with E-state index in [4.69, 9.17) is 0 Å². The zero-order valence-corrected chi connectivity index (χ0v) is 11.7. The number of hydrogen-bond donors (Lipinski definition) is 1. The van der Waals surface area contributed by atoms with Gasteiger partial charge >= 0.3 is 0 Å². The summed E-state index contributed by atoms with van der Waals surface area (Å²) in [6, 6.07) is 1.40. The van der Waals surface area contributed by atoms with Gasteiger partial charge in [0.05, 0.1) is 0 Å². The molecule has 0 spiro atoms. The van der Waals surface area contributed by atoms with Crippen LogP contribution in [-0.2, 0) is 0 Å². The Morgan fingerprint density at radius 1 is 1.38 bits per heavy atom. The lowest BCUT2D eigenvalue weighted by Gasteiger charge is -2.26. The Kier molecular flexibility index (Phi) is 5.73. The lowest BCUT2D eigenvalue weighted by atomic mass is 10.1. The summed E-state index contributed by atoms with van der Waals surface area (Å²) in [7, 11) is 4.40. The number of likely N-dealkylation sites (tertiary alicyclic amines) is 1. The van der Waals surface area contributed by atoms with Gasteiger partial charge in [0, 0.05) is 31.7 Å². The van der Waals surface area contributed by atoms with Crippen molar-refractivity contribution in [1.29, 1.82) is 0 Å². The van der Waals surface area contributed by atoms with Gasteiger partial charge < -0.3 is 10.2 Å². The van der Waals surface area contributed by atoms with Crippen LogP contribution in [-0.4, -0.2) is 62.2 Å². The molecular formula is C13H29N3. The Morgan fingerprint density at radius 3 is 2.56 bits per heavy atom. The van der Waals surface area contributed by atoms with E-state index in [-0.39, 0.29) is 0 Å². The van der Waals surface area contributed by atoms with E-state index in [0.717, 1.165) is 25.0 Å². The lowest BCUT2D eigenvalue weighted by Crippen LogP contribution is -2.41. The molecule has 3 nitrogen and oxygen atoms in total. The summed E-state index contributed by atoms with van der Waals surface area (Å²) in [6.45, 7) is 11.7. The van der Waals surface area contributed by atoms with Crippen LogP contribution in [0.15, 0.2) is 0 Å². The largest absolute Gasteiger partial charge is 0.315 e. The molecule has 0 aromatic rings. The summed E-state index contributed by atoms with van der Waals surface area (Å²) in [5, 5.41) is 3.52. The average Bonchev–Trinajstić information content (AvgIpc) is 2.60. The van der Waals surface area contributed by atoms with E-state index in [0.29, 0.717) is 6.04 Å². The molecule has 1 heterocycles. The first-order valence-corrected chi connectivity index (χ1v) is 6.67. The maximum atomic E-state index is 3.52. The number of nitrogens with zero attached hydrogens (tertiary/aromatic N) is 2. The zero-order valence-electron chi connectivity index (χ0n) is 11.7. The first kappa shape index (κ1) is 13.9. The summed E-state index contributed by atoms with van der Waals surface area (Å²) >= 11 is 0. The Labute approximate surface area is 101 Å². The van der Waals surface area contributed by atoms with Crippen molar-refractivity contribution in [3.05, 3.63) is 0 Å². The van der Waals surface area contributed by atoms with Crippen LogP contribution in [0.2, 0.25) is 0 Å². The molecule has 3 unspecified atom stereocenters. The minimum absolute atomic E-state index is 0.666. The first-order chi connectivity index (χ1) is 7.56. The van der Waals surface area contributed by atoms with Crippen molar-refractivity contribution in [2.75, 3.05) is 40.3 Å². The molecule has 96 valence electrons. The topological polar surface area (TPSA) is 18.5 Å². The van der Waals surface area contributed by atoms with Gasteiger partial charge in [0.2, 0.25) is 0 Å². The number of likely N-dealkylation sites (N-methyl/N-ethyl adjacent to an activating group) is 1. The molecule has 1 fully saturated rings. The van der Waals surface area contributed by atoms with Crippen LogP contribution < -0.4 is 5.32 Å². The molecule has 1 saturated heterocycles. The Morgan fingerprint density at radius 2 is 2.06 bits per heavy atom. The summed E-state index contributed by atoms with van der Waals surface area (Å²) in [5.41, 5.74) is 0. The average molecular weight is 227 g/mol. The van der Waals surface area contributed by atoms with Crippen molar-refractivity contribution >= 4 is 0 Å². The Hall–Kier alpha value is -0.120. The number of hydrogen-bond acceptors (Lipinski definition) is 3. The van der Waals surface area contributed by atoms with E-state index in [1.54, 1.807) is 0 Å². The van der Waals surface area contributed by atoms with Gasteiger partial charge in [-0.2, -0.15) is 0 Å². The SMILES string of the molecule is CCCNCC(C)N1CC(C)C(N(C)C)C1. The molecule has 16 heavy (non-hydrogen) atoms. The third-order valence-electron chi connectivity index (χ3n) is 3.75. The van der Waals surface area contributed by atoms with Crippen LogP contribution in [0.5, 0.6) is 0 Å². The number of nitrogens with one attached hydrogen (secondary N) is 1. The quantitative estimate of drug-likeness (QED) is 0.689. The Bertz CT molecular complexity index is 194. The van der Waals surface area contributed by atoms with Gasteiger partial charge in [0.15, 0.2) is 0 Å². The van der Waals surface area contributed by atoms with Gasteiger partial charge in [0.25, 0.3) is 0 Å². The van der Waals surface area contributed by atoms with Crippen molar-refractivity contribution < 1.29 is 0 Å². The van der Waals surface area contributed by atoms with Gasteiger partial charge in [-0.05, 0) is 39.9 Å². The molecule has 3 atom stereocenters. The van der Waals surface area contributed by atoms with Crippen LogP contribution in [0.25, 0.3) is 0 Å². The zero-order chi connectivity index (χ0) is 12.1. The summed E-state index contributed by atoms with van der Waals surface area (Å²) in [5.74, 6) is 0.795. The molecule has 0 aliphatic carbocycles. The van der Waals surface area contributed by atoms with Gasteiger partial charge in [0.1, 0.15) is 0 Å². The van der Waals surface area contributed by atoms with E-state index >= 15 is 0 Å². The second kappa shape index (κ2) is 6.58. The predicted octanol–water partition coefficient (Wildman–Crippen LogP) is 1.26. The molecule has 3 heteroatoms. The third kappa shape index (κ3) is 3.72. The van der Waals surface area contributed by atoms with Crippen molar-refractivity contribution in [2.24, 2.45) is 5.92 Å². The van der Waals surface area contributed by atoms with E-state index in [9.17, 15) is 0 Å². The molecule has 1 aliphatic heterocycles. The van der Waals surface area contributed by atoms with Crippen LogP contribution in [0.4, 0.5) is 0 Å². The normalized spacial score (nSPS) is 28.9. The standard InChI is InChI=1S/C13H29N3/c1-6-7-14-8-12(3)16-9-11(2)13(10-16)15(4)5/h11-14H,6-10H2,1-5H3. The molecule has 0 radical (unpaired) electrons. The van der Waals surface area contributed by atoms with E-state index in [1.807, 2.05) is 0 Å². The fourth-order valence-electron chi connectivity index (χ4n) is 2.64. The highest BCUT2D eigenvalue weighted by atomic mass is 15.3. The second-order valence-electron chi connectivity index (χ2n) is 5.52. The highest BCUT2D eigenvalue weighted by molar-refractivity contribution is 4.89. The van der Waals surface area contributed by atoms with E-state index < -0.39 is 0 Å². The van der Waals surface area contributed by atoms with Gasteiger partial charge in [-0.1, -0.05) is 13.8 Å². The van der Waals surface area contributed by atoms with Crippen LogP contribution in [0.3, 0.4) is 0 Å². The maximum Gasteiger partial charge on any atom is 0.0254 e. The summed E-state index contributed by atoms with van der Waals surface area (Å²) < 4.78 is 0. The molecule has 0 bridgehead atoms. The molecule has 0 amide bonds. The van der Waals surface area contributed by atoms with Crippen LogP contribution in [0, 0.1) is 5.92 Å². The molecule has 1 N–H and O–H groups in total. The first-order valence-electron chi connectivity index (χ1n) is 6.67. The van der Waals surface area contributed by atoms with Gasteiger partial charge in [-0.15, -0.1) is 0 Å². The minimum Gasteiger partial charge on any atom is -0.315 e. The third-order valence-corrected chi connectivity index (χ3v) is 3.75. The Balaban J connectivity index is 2.33. The smallest absolute Gasteiger partial charge is 0.0254 e. The molecule has 0 aromatic carbocycles. The van der Waals surface area contributed by atoms with Crippen molar-refractivity contribution in [2.45, 2.75) is 39.3 Å². The lowest BCUT2D eigenvalue weighted by molar-refractivity contribution is 0.221. The van der Waals surface area contributed by atoms with Crippen LogP contribution in [0.1, 0.15) is 27.2 Å². The minimum atomic E-state index is 0.666. The summed E-state index contributed by atoms with van der Waals surface area (Å²) in [6.07, 6.45) is 1.23. The second-order valence-corrected chi connectivity index (χ2v) is 5.52. The number of rotatable bonds is 6. The van der Waals surface area contributed by atoms with Crippen LogP contribution >= 0.6 is 0 Å². The molecule has 1 rings (SSSR count). The molecule has 0 aromatic heterocycles. The fourth-order valence-corrected chi connectivity index (χ4v) is 2.64. The maximum absolute atomic E-state index is 3.52. The fraction of sp³-hybridized carbons (Fsp3) is 1.00. The monoisotopic (exact) mass is 227 g/mol. The van der Waals surface area contributed by atoms with Crippen molar-refractivity contribution in [3.63, 3.8) is 0 Å². The molecular weight excluding hydrogens is 198 g/mol. The highest BCUT2D eigenvalue weighted by Crippen LogP contribution is 2.21. The van der Waals surface area contributed by atoms with Crippen molar-refractivity contribution in [3.8, 4) is 0 Å².